The van der Waals surface area contributed by atoms with Crippen molar-refractivity contribution in [2.75, 3.05) is 13.7 Å². The van der Waals surface area contributed by atoms with Crippen LogP contribution in [0.4, 0.5) is 0 Å². The summed E-state index contributed by atoms with van der Waals surface area (Å²) < 4.78 is 11.6. The van der Waals surface area contributed by atoms with Gasteiger partial charge in [-0.3, -0.25) is 14.2 Å². The van der Waals surface area contributed by atoms with Gasteiger partial charge in [0, 0.05) is 7.11 Å². The molecule has 1 N–H and O–H groups in total. The summed E-state index contributed by atoms with van der Waals surface area (Å²) in [5, 5.41) is 3.18. The summed E-state index contributed by atoms with van der Waals surface area (Å²) in [5.74, 6) is 0.239. The van der Waals surface area contributed by atoms with Crippen molar-refractivity contribution < 1.29 is 13.9 Å². The molecule has 2 aromatic heterocycles. The van der Waals surface area contributed by atoms with Crippen LogP contribution in [0.25, 0.3) is 10.9 Å². The van der Waals surface area contributed by atoms with Gasteiger partial charge in [0.2, 0.25) is 5.82 Å². The minimum atomic E-state index is -0.439. The van der Waals surface area contributed by atoms with E-state index in [1.165, 1.54) is 17.9 Å². The molecule has 1 amide bonds. The van der Waals surface area contributed by atoms with Crippen LogP contribution in [0.2, 0.25) is 0 Å². The summed E-state index contributed by atoms with van der Waals surface area (Å²) >= 11 is 0. The monoisotopic (exact) mass is 327 g/mol. The largest absolute Gasteiger partial charge is 0.467 e. The summed E-state index contributed by atoms with van der Waals surface area (Å²) in [5.41, 5.74) is 0.222. The molecule has 0 aliphatic heterocycles. The average Bonchev–Trinajstić information content (AvgIpc) is 3.12. The van der Waals surface area contributed by atoms with Gasteiger partial charge in [0.05, 0.1) is 36.9 Å². The molecule has 0 unspecified atom stereocenters. The molecular weight excluding hydrogens is 310 g/mol. The van der Waals surface area contributed by atoms with E-state index in [9.17, 15) is 9.59 Å². The molecule has 0 saturated carbocycles. The van der Waals surface area contributed by atoms with Gasteiger partial charge >= 0.3 is 0 Å². The first kappa shape index (κ1) is 15.9. The molecule has 0 atom stereocenters. The lowest BCUT2D eigenvalue weighted by atomic mass is 10.2. The Kier molecular flexibility index (Phi) is 4.72. The lowest BCUT2D eigenvalue weighted by molar-refractivity contribution is 0.0928. The van der Waals surface area contributed by atoms with Gasteiger partial charge in [-0.25, -0.2) is 4.98 Å². The number of benzene rings is 1. The van der Waals surface area contributed by atoms with Crippen LogP contribution in [0.3, 0.4) is 0 Å². The second-order valence-corrected chi connectivity index (χ2v) is 5.16. The van der Waals surface area contributed by atoms with E-state index < -0.39 is 5.91 Å². The fraction of sp³-hybridized carbons (Fsp3) is 0.235. The zero-order chi connectivity index (χ0) is 16.9. The maximum Gasteiger partial charge on any atom is 0.287 e. The Morgan fingerprint density at radius 1 is 1.29 bits per heavy atom. The second kappa shape index (κ2) is 7.10. The third kappa shape index (κ3) is 3.21. The number of fused-ring (bicyclic) bond motifs is 1. The van der Waals surface area contributed by atoms with Crippen molar-refractivity contribution in [3.63, 3.8) is 0 Å². The van der Waals surface area contributed by atoms with Crippen molar-refractivity contribution in [1.82, 2.24) is 14.9 Å². The smallest absolute Gasteiger partial charge is 0.287 e. The van der Waals surface area contributed by atoms with Crippen LogP contribution in [-0.4, -0.2) is 29.2 Å². The fourth-order valence-electron chi connectivity index (χ4n) is 2.39. The Balaban J connectivity index is 1.97. The van der Waals surface area contributed by atoms with E-state index in [2.05, 4.69) is 10.3 Å². The highest BCUT2D eigenvalue weighted by Crippen LogP contribution is 2.08. The highest BCUT2D eigenvalue weighted by atomic mass is 16.5. The van der Waals surface area contributed by atoms with Gasteiger partial charge in [0.25, 0.3) is 11.5 Å². The predicted molar refractivity (Wildman–Crippen MR) is 87.8 cm³/mol. The number of furan rings is 1. The minimum Gasteiger partial charge on any atom is -0.467 e. The van der Waals surface area contributed by atoms with E-state index in [1.807, 2.05) is 0 Å². The van der Waals surface area contributed by atoms with Crippen molar-refractivity contribution in [1.29, 1.82) is 0 Å². The van der Waals surface area contributed by atoms with E-state index in [0.717, 1.165) is 0 Å². The second-order valence-electron chi connectivity index (χ2n) is 5.16. The SMILES string of the molecule is COCCn1c(C(=O)NCc2ccco2)nc2ccccc2c1=O. The summed E-state index contributed by atoms with van der Waals surface area (Å²) in [4.78, 5) is 29.5. The van der Waals surface area contributed by atoms with E-state index in [4.69, 9.17) is 9.15 Å². The molecule has 3 aromatic rings. The Morgan fingerprint density at radius 2 is 2.12 bits per heavy atom. The molecule has 3 rings (SSSR count). The van der Waals surface area contributed by atoms with Crippen molar-refractivity contribution in [2.24, 2.45) is 0 Å². The Bertz CT molecular complexity index is 900. The number of methoxy groups -OCH3 is 1. The van der Waals surface area contributed by atoms with Gasteiger partial charge in [-0.2, -0.15) is 0 Å². The lowest BCUT2D eigenvalue weighted by Crippen LogP contribution is -2.34. The molecule has 0 bridgehead atoms. The number of para-hydroxylation sites is 1. The first-order valence-corrected chi connectivity index (χ1v) is 7.50. The van der Waals surface area contributed by atoms with Crippen molar-refractivity contribution in [3.05, 3.63) is 64.6 Å². The van der Waals surface area contributed by atoms with Crippen molar-refractivity contribution in [2.45, 2.75) is 13.1 Å². The summed E-state index contributed by atoms with van der Waals surface area (Å²) in [6.45, 7) is 0.772. The number of carbonyl (C=O) groups is 1. The maximum atomic E-state index is 12.7. The van der Waals surface area contributed by atoms with Crippen LogP contribution in [0.5, 0.6) is 0 Å². The van der Waals surface area contributed by atoms with Crippen LogP contribution in [-0.2, 0) is 17.8 Å². The third-order valence-corrected chi connectivity index (χ3v) is 3.59. The zero-order valence-corrected chi connectivity index (χ0v) is 13.2. The molecule has 7 heteroatoms. The third-order valence-electron chi connectivity index (χ3n) is 3.59. The van der Waals surface area contributed by atoms with Crippen LogP contribution >= 0.6 is 0 Å². The Labute approximate surface area is 137 Å². The quantitative estimate of drug-likeness (QED) is 0.742. The Morgan fingerprint density at radius 3 is 2.88 bits per heavy atom. The van der Waals surface area contributed by atoms with Crippen LogP contribution in [0, 0.1) is 0 Å². The molecule has 0 aliphatic rings. The highest BCUT2D eigenvalue weighted by Gasteiger charge is 2.17. The number of rotatable bonds is 6. The van der Waals surface area contributed by atoms with Gasteiger partial charge in [-0.05, 0) is 24.3 Å². The number of ether oxygens (including phenoxy) is 1. The Hall–Kier alpha value is -2.93. The molecule has 0 saturated heterocycles. The number of hydrogen-bond donors (Lipinski definition) is 1. The van der Waals surface area contributed by atoms with E-state index >= 15 is 0 Å². The first-order valence-electron chi connectivity index (χ1n) is 7.50. The normalized spacial score (nSPS) is 10.9. The van der Waals surface area contributed by atoms with E-state index in [1.54, 1.807) is 36.4 Å². The van der Waals surface area contributed by atoms with Crippen molar-refractivity contribution in [3.8, 4) is 0 Å². The zero-order valence-electron chi connectivity index (χ0n) is 13.2. The van der Waals surface area contributed by atoms with Crippen LogP contribution in [0.15, 0.2) is 51.9 Å². The molecule has 0 spiro atoms. The number of nitrogens with zero attached hydrogens (tertiary/aromatic N) is 2. The molecular formula is C17H17N3O4. The van der Waals surface area contributed by atoms with Gasteiger partial charge in [-0.15, -0.1) is 0 Å². The molecule has 124 valence electrons. The standard InChI is InChI=1S/C17H17N3O4/c1-23-10-8-20-15(16(21)18-11-12-5-4-9-24-12)19-14-7-3-2-6-13(14)17(20)22/h2-7,9H,8,10-11H2,1H3,(H,18,21). The maximum absolute atomic E-state index is 12.7. The predicted octanol–water partition coefficient (Wildman–Crippen LogP) is 1.57. The van der Waals surface area contributed by atoms with E-state index in [-0.39, 0.29) is 24.5 Å². The number of hydrogen-bond acceptors (Lipinski definition) is 5. The minimum absolute atomic E-state index is 0.0577. The number of aromatic nitrogens is 2. The van der Waals surface area contributed by atoms with Gasteiger partial charge in [0.15, 0.2) is 0 Å². The van der Waals surface area contributed by atoms with E-state index in [0.29, 0.717) is 23.3 Å². The number of amides is 1. The highest BCUT2D eigenvalue weighted by molar-refractivity contribution is 5.92. The van der Waals surface area contributed by atoms with Crippen LogP contribution in [0.1, 0.15) is 16.4 Å². The van der Waals surface area contributed by atoms with Gasteiger partial charge in [-0.1, -0.05) is 12.1 Å². The molecule has 0 fully saturated rings. The molecule has 1 aromatic carbocycles. The molecule has 24 heavy (non-hydrogen) atoms. The average molecular weight is 327 g/mol. The molecule has 0 radical (unpaired) electrons. The summed E-state index contributed by atoms with van der Waals surface area (Å²) in [6, 6.07) is 10.4. The number of nitrogens with one attached hydrogen (secondary N) is 1. The lowest BCUT2D eigenvalue weighted by Gasteiger charge is -2.12. The number of carbonyl (C=O) groups excluding carboxylic acids is 1. The topological polar surface area (TPSA) is 86.4 Å². The summed E-state index contributed by atoms with van der Waals surface area (Å²) in [7, 11) is 1.54. The molecule has 7 nitrogen and oxygen atoms in total. The first-order chi connectivity index (χ1) is 11.7. The molecule has 0 aliphatic carbocycles. The fourth-order valence-corrected chi connectivity index (χ4v) is 2.39. The summed E-state index contributed by atoms with van der Waals surface area (Å²) in [6.07, 6.45) is 1.53. The van der Waals surface area contributed by atoms with Crippen molar-refractivity contribution >= 4 is 16.8 Å². The van der Waals surface area contributed by atoms with Gasteiger partial charge < -0.3 is 14.5 Å². The molecule has 2 heterocycles. The van der Waals surface area contributed by atoms with Crippen LogP contribution < -0.4 is 10.9 Å². The van der Waals surface area contributed by atoms with Gasteiger partial charge in [0.1, 0.15) is 5.76 Å².